The molecule has 0 saturated heterocycles. The summed E-state index contributed by atoms with van der Waals surface area (Å²) in [6.45, 7) is 3.98. The maximum Gasteiger partial charge on any atom is 0.315 e. The van der Waals surface area contributed by atoms with Crippen LogP contribution < -0.4 is 5.32 Å². The van der Waals surface area contributed by atoms with Gasteiger partial charge in [-0.05, 0) is 13.8 Å². The molecule has 1 heterocycles. The van der Waals surface area contributed by atoms with Gasteiger partial charge in [0, 0.05) is 6.04 Å². The molecule has 0 bridgehead atoms. The highest BCUT2D eigenvalue weighted by Gasteiger charge is 2.04. The Kier molecular flexibility index (Phi) is 2.70. The predicted octanol–water partition coefficient (Wildman–Crippen LogP) is 1.63. The Morgan fingerprint density at radius 1 is 1.55 bits per heavy atom. The van der Waals surface area contributed by atoms with Crippen molar-refractivity contribution in [3.05, 3.63) is 5.89 Å². The molecule has 5 heteroatoms. The third-order valence-electron chi connectivity index (χ3n) is 0.993. The summed E-state index contributed by atoms with van der Waals surface area (Å²) in [4.78, 5) is 0. The van der Waals surface area contributed by atoms with Crippen LogP contribution in [-0.4, -0.2) is 16.2 Å². The average molecular weight is 176 g/mol. The van der Waals surface area contributed by atoms with E-state index in [1.165, 1.54) is 0 Å². The average Bonchev–Trinajstić information content (AvgIpc) is 2.34. The van der Waals surface area contributed by atoms with Crippen LogP contribution in [0.2, 0.25) is 0 Å². The van der Waals surface area contributed by atoms with Gasteiger partial charge in [0.2, 0.25) is 5.89 Å². The van der Waals surface area contributed by atoms with Gasteiger partial charge < -0.3 is 9.73 Å². The second-order valence-electron chi connectivity index (χ2n) is 2.43. The molecule has 0 unspecified atom stereocenters. The van der Waals surface area contributed by atoms with Gasteiger partial charge in [0.15, 0.2) is 0 Å². The molecule has 0 amide bonds. The Hall–Kier alpha value is -0.770. The summed E-state index contributed by atoms with van der Waals surface area (Å²) in [7, 11) is 0. The van der Waals surface area contributed by atoms with Crippen molar-refractivity contribution in [1.29, 1.82) is 0 Å². The van der Waals surface area contributed by atoms with E-state index in [0.717, 1.165) is 0 Å². The van der Waals surface area contributed by atoms with E-state index in [2.05, 4.69) is 15.5 Å². The van der Waals surface area contributed by atoms with Gasteiger partial charge in [0.1, 0.15) is 5.88 Å². The van der Waals surface area contributed by atoms with E-state index in [0.29, 0.717) is 17.9 Å². The molecule has 1 rings (SSSR count). The van der Waals surface area contributed by atoms with Crippen LogP contribution in [-0.2, 0) is 5.88 Å². The fourth-order valence-electron chi connectivity index (χ4n) is 0.613. The van der Waals surface area contributed by atoms with Gasteiger partial charge in [0.05, 0.1) is 0 Å². The number of rotatable bonds is 3. The quantitative estimate of drug-likeness (QED) is 0.710. The maximum atomic E-state index is 5.45. The van der Waals surface area contributed by atoms with E-state index in [1.807, 2.05) is 13.8 Å². The van der Waals surface area contributed by atoms with Crippen molar-refractivity contribution < 1.29 is 4.42 Å². The third kappa shape index (κ3) is 2.38. The Morgan fingerprint density at radius 2 is 2.27 bits per heavy atom. The van der Waals surface area contributed by atoms with Gasteiger partial charge in [-0.3, -0.25) is 0 Å². The van der Waals surface area contributed by atoms with Gasteiger partial charge in [-0.25, -0.2) is 0 Å². The molecule has 4 nitrogen and oxygen atoms in total. The Bertz CT molecular complexity index is 223. The minimum absolute atomic E-state index is 0.257. The van der Waals surface area contributed by atoms with Crippen molar-refractivity contribution in [3.8, 4) is 0 Å². The standard InChI is InChI=1S/C6H10ClN3O/c1-4(2)8-6-10-9-5(3-7)11-6/h4H,3H2,1-2H3,(H,8,10). The molecular formula is C6H10ClN3O. The molecular weight excluding hydrogens is 166 g/mol. The van der Waals surface area contributed by atoms with Gasteiger partial charge in [0.25, 0.3) is 0 Å². The Balaban J connectivity index is 2.58. The number of hydrogen-bond donors (Lipinski definition) is 1. The highest BCUT2D eigenvalue weighted by atomic mass is 35.5. The third-order valence-corrected chi connectivity index (χ3v) is 1.22. The number of nitrogens with one attached hydrogen (secondary N) is 1. The molecule has 0 atom stereocenters. The first-order valence-electron chi connectivity index (χ1n) is 3.37. The fraction of sp³-hybridized carbons (Fsp3) is 0.667. The molecule has 1 N–H and O–H groups in total. The van der Waals surface area contributed by atoms with Crippen LogP contribution in [0.4, 0.5) is 6.01 Å². The highest BCUT2D eigenvalue weighted by Crippen LogP contribution is 2.07. The zero-order valence-electron chi connectivity index (χ0n) is 6.47. The van der Waals surface area contributed by atoms with Crippen LogP contribution >= 0.6 is 11.6 Å². The van der Waals surface area contributed by atoms with Crippen molar-refractivity contribution in [2.45, 2.75) is 25.8 Å². The molecule has 0 aliphatic carbocycles. The Labute approximate surface area is 69.9 Å². The zero-order valence-corrected chi connectivity index (χ0v) is 7.22. The summed E-state index contributed by atoms with van der Waals surface area (Å²) in [5, 5.41) is 10.4. The van der Waals surface area contributed by atoms with Crippen molar-refractivity contribution in [3.63, 3.8) is 0 Å². The molecule has 62 valence electrons. The fourth-order valence-corrected chi connectivity index (χ4v) is 0.721. The topological polar surface area (TPSA) is 51.0 Å². The minimum Gasteiger partial charge on any atom is -0.407 e. The number of hydrogen-bond acceptors (Lipinski definition) is 4. The summed E-state index contributed by atoms with van der Waals surface area (Å²) in [5.74, 6) is 0.696. The largest absolute Gasteiger partial charge is 0.407 e. The number of anilines is 1. The lowest BCUT2D eigenvalue weighted by molar-refractivity contribution is 0.521. The van der Waals surface area contributed by atoms with Crippen molar-refractivity contribution >= 4 is 17.6 Å². The molecule has 0 aliphatic heterocycles. The molecule has 0 aliphatic rings. The molecule has 0 saturated carbocycles. The normalized spacial score (nSPS) is 10.5. The van der Waals surface area contributed by atoms with Crippen molar-refractivity contribution in [1.82, 2.24) is 10.2 Å². The van der Waals surface area contributed by atoms with Gasteiger partial charge >= 0.3 is 6.01 Å². The van der Waals surface area contributed by atoms with E-state index in [9.17, 15) is 0 Å². The first-order valence-corrected chi connectivity index (χ1v) is 3.90. The van der Waals surface area contributed by atoms with Crippen molar-refractivity contribution in [2.75, 3.05) is 5.32 Å². The lowest BCUT2D eigenvalue weighted by Crippen LogP contribution is -2.09. The molecule has 11 heavy (non-hydrogen) atoms. The monoisotopic (exact) mass is 175 g/mol. The second kappa shape index (κ2) is 3.57. The van der Waals surface area contributed by atoms with Gasteiger partial charge in [-0.1, -0.05) is 5.10 Å². The van der Waals surface area contributed by atoms with E-state index < -0.39 is 0 Å². The molecule has 1 aromatic rings. The number of aromatic nitrogens is 2. The molecule has 0 aromatic carbocycles. The molecule has 0 fully saturated rings. The van der Waals surface area contributed by atoms with Crippen LogP contribution in [0.25, 0.3) is 0 Å². The summed E-state index contributed by atoms with van der Waals surface area (Å²) in [6, 6.07) is 0.717. The van der Waals surface area contributed by atoms with Gasteiger partial charge in [-0.15, -0.1) is 16.7 Å². The Morgan fingerprint density at radius 3 is 2.73 bits per heavy atom. The second-order valence-corrected chi connectivity index (χ2v) is 2.70. The van der Waals surface area contributed by atoms with E-state index in [-0.39, 0.29) is 5.88 Å². The van der Waals surface area contributed by atoms with E-state index >= 15 is 0 Å². The minimum atomic E-state index is 0.257. The highest BCUT2D eigenvalue weighted by molar-refractivity contribution is 6.16. The SMILES string of the molecule is CC(C)Nc1nnc(CCl)o1. The first-order chi connectivity index (χ1) is 5.22. The lowest BCUT2D eigenvalue weighted by Gasteiger charge is -2.01. The van der Waals surface area contributed by atoms with Gasteiger partial charge in [-0.2, -0.15) is 0 Å². The van der Waals surface area contributed by atoms with Crippen LogP contribution in [0.1, 0.15) is 19.7 Å². The number of halogens is 1. The van der Waals surface area contributed by atoms with Crippen molar-refractivity contribution in [2.24, 2.45) is 0 Å². The molecule has 1 aromatic heterocycles. The van der Waals surface area contributed by atoms with Crippen LogP contribution in [0.5, 0.6) is 0 Å². The first kappa shape index (κ1) is 8.33. The predicted molar refractivity (Wildman–Crippen MR) is 42.6 cm³/mol. The summed E-state index contributed by atoms with van der Waals surface area (Å²) in [6.07, 6.45) is 0. The summed E-state index contributed by atoms with van der Waals surface area (Å²) >= 11 is 5.45. The van der Waals surface area contributed by atoms with Crippen LogP contribution in [0, 0.1) is 0 Å². The number of nitrogens with zero attached hydrogens (tertiary/aromatic N) is 2. The molecule has 0 radical (unpaired) electrons. The van der Waals surface area contributed by atoms with Crippen LogP contribution in [0.3, 0.4) is 0 Å². The zero-order chi connectivity index (χ0) is 8.27. The summed E-state index contributed by atoms with van der Waals surface area (Å²) in [5.41, 5.74) is 0. The summed E-state index contributed by atoms with van der Waals surface area (Å²) < 4.78 is 5.08. The van der Waals surface area contributed by atoms with E-state index in [4.69, 9.17) is 16.0 Å². The lowest BCUT2D eigenvalue weighted by atomic mass is 10.4. The molecule has 0 spiro atoms. The number of alkyl halides is 1. The smallest absolute Gasteiger partial charge is 0.315 e. The maximum absolute atomic E-state index is 5.45. The van der Waals surface area contributed by atoms with Crippen LogP contribution in [0.15, 0.2) is 4.42 Å². The van der Waals surface area contributed by atoms with E-state index in [1.54, 1.807) is 0 Å².